The van der Waals surface area contributed by atoms with Gasteiger partial charge in [0.05, 0.1) is 17.0 Å². The van der Waals surface area contributed by atoms with Crippen LogP contribution < -0.4 is 5.73 Å². The first-order valence-corrected chi connectivity index (χ1v) is 5.61. The van der Waals surface area contributed by atoms with Gasteiger partial charge in [-0.15, -0.1) is 0 Å². The SMILES string of the molecule is CC(c1cccc([N+](=O)[O-])c1)N(C)C(=O)[C@@H](C)N. The second-order valence-electron chi connectivity index (χ2n) is 4.27. The Bertz CT molecular complexity index is 460. The Kier molecular flexibility index (Phi) is 4.38. The molecule has 2 N–H and O–H groups in total. The van der Waals surface area contributed by atoms with Crippen molar-refractivity contribution in [1.82, 2.24) is 4.90 Å². The van der Waals surface area contributed by atoms with Crippen molar-refractivity contribution >= 4 is 11.6 Å². The van der Waals surface area contributed by atoms with Gasteiger partial charge in [0.1, 0.15) is 0 Å². The maximum absolute atomic E-state index is 11.7. The van der Waals surface area contributed by atoms with E-state index in [4.69, 9.17) is 5.73 Å². The molecule has 0 saturated carbocycles. The smallest absolute Gasteiger partial charge is 0.269 e. The summed E-state index contributed by atoms with van der Waals surface area (Å²) in [5.74, 6) is -0.200. The maximum Gasteiger partial charge on any atom is 0.269 e. The lowest BCUT2D eigenvalue weighted by Crippen LogP contribution is -2.40. The topological polar surface area (TPSA) is 89.5 Å². The minimum Gasteiger partial charge on any atom is -0.338 e. The number of nitrogens with two attached hydrogens (primary N) is 1. The van der Waals surface area contributed by atoms with Crippen molar-refractivity contribution < 1.29 is 9.72 Å². The Hall–Kier alpha value is -1.95. The molecule has 1 aromatic rings. The largest absolute Gasteiger partial charge is 0.338 e. The van der Waals surface area contributed by atoms with Crippen molar-refractivity contribution in [3.8, 4) is 0 Å². The summed E-state index contributed by atoms with van der Waals surface area (Å²) in [6.45, 7) is 3.42. The van der Waals surface area contributed by atoms with Crippen molar-refractivity contribution in [2.75, 3.05) is 7.05 Å². The van der Waals surface area contributed by atoms with Gasteiger partial charge in [0.25, 0.3) is 5.69 Å². The summed E-state index contributed by atoms with van der Waals surface area (Å²) < 4.78 is 0. The lowest BCUT2D eigenvalue weighted by atomic mass is 10.1. The molecule has 0 aliphatic heterocycles. The average molecular weight is 251 g/mol. The number of carbonyl (C=O) groups is 1. The highest BCUT2D eigenvalue weighted by molar-refractivity contribution is 5.81. The van der Waals surface area contributed by atoms with Crippen LogP contribution in [0.5, 0.6) is 0 Å². The van der Waals surface area contributed by atoms with Gasteiger partial charge in [-0.2, -0.15) is 0 Å². The van der Waals surface area contributed by atoms with Crippen LogP contribution >= 0.6 is 0 Å². The average Bonchev–Trinajstić information content (AvgIpc) is 2.36. The van der Waals surface area contributed by atoms with Crippen LogP contribution in [-0.4, -0.2) is 28.8 Å². The molecule has 0 heterocycles. The summed E-state index contributed by atoms with van der Waals surface area (Å²) in [7, 11) is 1.63. The van der Waals surface area contributed by atoms with Crippen LogP contribution in [0.1, 0.15) is 25.5 Å². The van der Waals surface area contributed by atoms with Crippen LogP contribution in [0.3, 0.4) is 0 Å². The fourth-order valence-corrected chi connectivity index (χ4v) is 1.63. The zero-order valence-electron chi connectivity index (χ0n) is 10.7. The number of non-ortho nitro benzene ring substituents is 1. The highest BCUT2D eigenvalue weighted by Crippen LogP contribution is 2.23. The quantitative estimate of drug-likeness (QED) is 0.648. The van der Waals surface area contributed by atoms with E-state index in [2.05, 4.69) is 0 Å². The maximum atomic E-state index is 11.7. The first-order chi connectivity index (χ1) is 8.34. The molecule has 2 atom stereocenters. The van der Waals surface area contributed by atoms with E-state index in [1.165, 1.54) is 17.0 Å². The van der Waals surface area contributed by atoms with E-state index in [1.807, 2.05) is 0 Å². The van der Waals surface area contributed by atoms with Gasteiger partial charge >= 0.3 is 0 Å². The van der Waals surface area contributed by atoms with E-state index >= 15 is 0 Å². The Labute approximate surface area is 106 Å². The fourth-order valence-electron chi connectivity index (χ4n) is 1.63. The molecule has 98 valence electrons. The molecule has 6 heteroatoms. The van der Waals surface area contributed by atoms with Gasteiger partial charge in [-0.25, -0.2) is 0 Å². The number of hydrogen-bond donors (Lipinski definition) is 1. The predicted molar refractivity (Wildman–Crippen MR) is 67.9 cm³/mol. The standard InChI is InChI=1S/C12H17N3O3/c1-8(13)12(16)14(3)9(2)10-5-4-6-11(7-10)15(17)18/h4-9H,13H2,1-3H3/t8-,9?/m1/s1. The van der Waals surface area contributed by atoms with Crippen LogP contribution in [0.2, 0.25) is 0 Å². The highest BCUT2D eigenvalue weighted by atomic mass is 16.6. The van der Waals surface area contributed by atoms with Gasteiger partial charge in [-0.05, 0) is 19.4 Å². The van der Waals surface area contributed by atoms with Gasteiger partial charge in [0.15, 0.2) is 0 Å². The number of rotatable bonds is 4. The second kappa shape index (κ2) is 5.59. The van der Waals surface area contributed by atoms with E-state index in [1.54, 1.807) is 33.0 Å². The van der Waals surface area contributed by atoms with E-state index in [-0.39, 0.29) is 17.6 Å². The molecule has 0 aliphatic carbocycles. The molecule has 0 saturated heterocycles. The molecule has 0 bridgehead atoms. The first kappa shape index (κ1) is 14.1. The van der Waals surface area contributed by atoms with Crippen LogP contribution in [0.25, 0.3) is 0 Å². The fraction of sp³-hybridized carbons (Fsp3) is 0.417. The van der Waals surface area contributed by atoms with Gasteiger partial charge in [-0.3, -0.25) is 14.9 Å². The number of nitro groups is 1. The second-order valence-corrected chi connectivity index (χ2v) is 4.27. The third kappa shape index (κ3) is 3.04. The molecule has 0 fully saturated rings. The van der Waals surface area contributed by atoms with Crippen LogP contribution in [0.15, 0.2) is 24.3 Å². The van der Waals surface area contributed by atoms with Crippen molar-refractivity contribution in [3.05, 3.63) is 39.9 Å². The molecule has 1 rings (SSSR count). The van der Waals surface area contributed by atoms with Gasteiger partial charge < -0.3 is 10.6 Å². The zero-order chi connectivity index (χ0) is 13.9. The molecule has 18 heavy (non-hydrogen) atoms. The zero-order valence-corrected chi connectivity index (χ0v) is 10.7. The number of likely N-dealkylation sites (N-methyl/N-ethyl adjacent to an activating group) is 1. The lowest BCUT2D eigenvalue weighted by molar-refractivity contribution is -0.384. The molecule has 1 amide bonds. The molecule has 1 unspecified atom stereocenters. The predicted octanol–water partition coefficient (Wildman–Crippen LogP) is 1.46. The number of carbonyl (C=O) groups excluding carboxylic acids is 1. The van der Waals surface area contributed by atoms with Crippen LogP contribution in [0.4, 0.5) is 5.69 Å². The normalized spacial score (nSPS) is 13.8. The van der Waals surface area contributed by atoms with E-state index in [0.717, 1.165) is 0 Å². The highest BCUT2D eigenvalue weighted by Gasteiger charge is 2.21. The van der Waals surface area contributed by atoms with Crippen molar-refractivity contribution in [2.24, 2.45) is 5.73 Å². The molecule has 0 radical (unpaired) electrons. The monoisotopic (exact) mass is 251 g/mol. The molecule has 6 nitrogen and oxygen atoms in total. The number of nitrogens with zero attached hydrogens (tertiary/aromatic N) is 2. The summed E-state index contributed by atoms with van der Waals surface area (Å²) >= 11 is 0. The van der Waals surface area contributed by atoms with Crippen LogP contribution in [-0.2, 0) is 4.79 Å². The molecule has 1 aromatic carbocycles. The van der Waals surface area contributed by atoms with E-state index < -0.39 is 11.0 Å². The molecule has 0 aromatic heterocycles. The van der Waals surface area contributed by atoms with E-state index in [0.29, 0.717) is 5.56 Å². The molecular weight excluding hydrogens is 234 g/mol. The minimum absolute atomic E-state index is 0.0148. The Morgan fingerprint density at radius 1 is 1.44 bits per heavy atom. The molecular formula is C12H17N3O3. The van der Waals surface area contributed by atoms with Gasteiger partial charge in [0, 0.05) is 19.2 Å². The Balaban J connectivity index is 2.96. The minimum atomic E-state index is -0.587. The van der Waals surface area contributed by atoms with E-state index in [9.17, 15) is 14.9 Å². The Morgan fingerprint density at radius 2 is 2.06 bits per heavy atom. The number of benzene rings is 1. The summed E-state index contributed by atoms with van der Waals surface area (Å²) in [5, 5.41) is 10.7. The molecule has 0 aliphatic rings. The van der Waals surface area contributed by atoms with Crippen molar-refractivity contribution in [3.63, 3.8) is 0 Å². The number of nitro benzene ring substituents is 1. The summed E-state index contributed by atoms with van der Waals surface area (Å²) in [4.78, 5) is 23.5. The lowest BCUT2D eigenvalue weighted by Gasteiger charge is -2.26. The van der Waals surface area contributed by atoms with Gasteiger partial charge in [-0.1, -0.05) is 12.1 Å². The third-order valence-corrected chi connectivity index (χ3v) is 2.88. The van der Waals surface area contributed by atoms with Crippen molar-refractivity contribution in [1.29, 1.82) is 0 Å². The third-order valence-electron chi connectivity index (χ3n) is 2.88. The summed E-state index contributed by atoms with van der Waals surface area (Å²) in [5.41, 5.74) is 6.26. The van der Waals surface area contributed by atoms with Crippen LogP contribution in [0, 0.1) is 10.1 Å². The van der Waals surface area contributed by atoms with Gasteiger partial charge in [0.2, 0.25) is 5.91 Å². The Morgan fingerprint density at radius 3 is 2.56 bits per heavy atom. The molecule has 0 spiro atoms. The number of hydrogen-bond acceptors (Lipinski definition) is 4. The number of amides is 1. The summed E-state index contributed by atoms with van der Waals surface area (Å²) in [6, 6.07) is 5.40. The first-order valence-electron chi connectivity index (χ1n) is 5.61. The van der Waals surface area contributed by atoms with Crippen molar-refractivity contribution in [2.45, 2.75) is 25.9 Å². The summed E-state index contributed by atoms with van der Waals surface area (Å²) in [6.07, 6.45) is 0.